The fraction of sp³-hybridized carbons (Fsp3) is 0.297. The Kier molecular flexibility index (Phi) is 11.6. The SMILES string of the molecule is CC[C@@H](C)NC(=O)[C@@H](Cc1ccccc1)N(Cc1cccc(OC)c1)C(=O)CN(c1ccc(C)c(C)c1)S(=O)(=O)c1ccccc1. The van der Waals surface area contributed by atoms with Crippen LogP contribution in [0, 0.1) is 13.8 Å². The Morgan fingerprint density at radius 3 is 2.11 bits per heavy atom. The molecule has 242 valence electrons. The maximum Gasteiger partial charge on any atom is 0.264 e. The van der Waals surface area contributed by atoms with Crippen molar-refractivity contribution in [3.63, 3.8) is 0 Å². The number of benzene rings is 4. The van der Waals surface area contributed by atoms with E-state index in [-0.39, 0.29) is 29.8 Å². The Balaban J connectivity index is 1.83. The van der Waals surface area contributed by atoms with Gasteiger partial charge in [-0.15, -0.1) is 0 Å². The molecule has 0 aliphatic rings. The predicted molar refractivity (Wildman–Crippen MR) is 182 cm³/mol. The second-order valence-electron chi connectivity index (χ2n) is 11.5. The first kappa shape index (κ1) is 34.2. The van der Waals surface area contributed by atoms with Crippen molar-refractivity contribution in [2.75, 3.05) is 18.0 Å². The summed E-state index contributed by atoms with van der Waals surface area (Å²) in [6.45, 7) is 7.30. The van der Waals surface area contributed by atoms with Crippen LogP contribution < -0.4 is 14.4 Å². The molecule has 0 spiro atoms. The van der Waals surface area contributed by atoms with E-state index in [1.807, 2.05) is 82.3 Å². The van der Waals surface area contributed by atoms with Gasteiger partial charge < -0.3 is 15.0 Å². The van der Waals surface area contributed by atoms with Gasteiger partial charge in [-0.25, -0.2) is 8.42 Å². The molecule has 4 rings (SSSR count). The van der Waals surface area contributed by atoms with E-state index >= 15 is 0 Å². The number of carbonyl (C=O) groups is 2. The van der Waals surface area contributed by atoms with Gasteiger partial charge in [0.25, 0.3) is 10.0 Å². The number of anilines is 1. The fourth-order valence-electron chi connectivity index (χ4n) is 5.09. The van der Waals surface area contributed by atoms with Gasteiger partial charge in [-0.2, -0.15) is 0 Å². The van der Waals surface area contributed by atoms with E-state index in [0.717, 1.165) is 26.6 Å². The second-order valence-corrected chi connectivity index (χ2v) is 13.4. The van der Waals surface area contributed by atoms with Crippen molar-refractivity contribution in [1.29, 1.82) is 0 Å². The summed E-state index contributed by atoms with van der Waals surface area (Å²) in [7, 11) is -2.59. The highest BCUT2D eigenvalue weighted by Crippen LogP contribution is 2.27. The highest BCUT2D eigenvalue weighted by molar-refractivity contribution is 7.92. The summed E-state index contributed by atoms with van der Waals surface area (Å²) in [4.78, 5) is 30.1. The van der Waals surface area contributed by atoms with Gasteiger partial charge in [-0.05, 0) is 85.8 Å². The molecule has 1 N–H and O–H groups in total. The summed E-state index contributed by atoms with van der Waals surface area (Å²) in [6.07, 6.45) is 0.956. The maximum absolute atomic E-state index is 14.6. The van der Waals surface area contributed by atoms with Crippen LogP contribution in [0.2, 0.25) is 0 Å². The molecule has 0 fully saturated rings. The van der Waals surface area contributed by atoms with Crippen LogP contribution in [-0.2, 0) is 32.6 Å². The first-order valence-corrected chi connectivity index (χ1v) is 16.9. The Morgan fingerprint density at radius 1 is 0.826 bits per heavy atom. The molecule has 4 aromatic carbocycles. The van der Waals surface area contributed by atoms with E-state index in [1.54, 1.807) is 43.5 Å². The lowest BCUT2D eigenvalue weighted by Crippen LogP contribution is -2.54. The van der Waals surface area contributed by atoms with E-state index in [0.29, 0.717) is 17.9 Å². The monoisotopic (exact) mass is 641 g/mol. The lowest BCUT2D eigenvalue weighted by molar-refractivity contribution is -0.140. The number of sulfonamides is 1. The third-order valence-corrected chi connectivity index (χ3v) is 9.94. The van der Waals surface area contributed by atoms with Gasteiger partial charge >= 0.3 is 0 Å². The van der Waals surface area contributed by atoms with Gasteiger partial charge in [-0.1, -0.05) is 73.7 Å². The molecule has 0 aliphatic heterocycles. The van der Waals surface area contributed by atoms with Crippen molar-refractivity contribution in [3.8, 4) is 5.75 Å². The Bertz CT molecular complexity index is 1730. The largest absolute Gasteiger partial charge is 0.497 e. The minimum absolute atomic E-state index is 0.0631. The number of rotatable bonds is 14. The Hall–Kier alpha value is -4.63. The van der Waals surface area contributed by atoms with Gasteiger partial charge in [0.05, 0.1) is 17.7 Å². The average molecular weight is 642 g/mol. The lowest BCUT2D eigenvalue weighted by atomic mass is 10.0. The molecule has 0 unspecified atom stereocenters. The predicted octanol–water partition coefficient (Wildman–Crippen LogP) is 6.06. The van der Waals surface area contributed by atoms with Gasteiger partial charge in [0, 0.05) is 19.0 Å². The molecule has 0 bridgehead atoms. The van der Waals surface area contributed by atoms with Gasteiger partial charge in [0.15, 0.2) is 0 Å². The molecule has 0 aliphatic carbocycles. The van der Waals surface area contributed by atoms with E-state index in [1.165, 1.54) is 17.0 Å². The van der Waals surface area contributed by atoms with E-state index < -0.39 is 28.5 Å². The van der Waals surface area contributed by atoms with Crippen molar-refractivity contribution in [2.45, 2.75) is 64.1 Å². The molecule has 0 saturated heterocycles. The van der Waals surface area contributed by atoms with Crippen molar-refractivity contribution in [3.05, 3.63) is 125 Å². The van der Waals surface area contributed by atoms with E-state index in [2.05, 4.69) is 5.32 Å². The Morgan fingerprint density at radius 2 is 1.48 bits per heavy atom. The molecule has 4 aromatic rings. The van der Waals surface area contributed by atoms with Crippen molar-refractivity contribution in [2.24, 2.45) is 0 Å². The van der Waals surface area contributed by atoms with Crippen LogP contribution in [0.5, 0.6) is 5.75 Å². The van der Waals surface area contributed by atoms with Gasteiger partial charge in [0.1, 0.15) is 18.3 Å². The number of nitrogens with zero attached hydrogens (tertiary/aromatic N) is 2. The van der Waals surface area contributed by atoms with Crippen molar-refractivity contribution >= 4 is 27.5 Å². The highest BCUT2D eigenvalue weighted by Gasteiger charge is 2.35. The van der Waals surface area contributed by atoms with Crippen LogP contribution >= 0.6 is 0 Å². The van der Waals surface area contributed by atoms with E-state index in [9.17, 15) is 18.0 Å². The molecule has 8 nitrogen and oxygen atoms in total. The molecule has 0 heterocycles. The van der Waals surface area contributed by atoms with Crippen molar-refractivity contribution < 1.29 is 22.7 Å². The minimum Gasteiger partial charge on any atom is -0.497 e. The Labute approximate surface area is 273 Å². The van der Waals surface area contributed by atoms with Crippen LogP contribution in [-0.4, -0.2) is 50.9 Å². The number of hydrogen-bond donors (Lipinski definition) is 1. The van der Waals surface area contributed by atoms with Gasteiger partial charge in [0.2, 0.25) is 11.8 Å². The topological polar surface area (TPSA) is 96.0 Å². The zero-order chi connectivity index (χ0) is 33.3. The average Bonchev–Trinajstić information content (AvgIpc) is 3.07. The molecule has 9 heteroatoms. The first-order chi connectivity index (χ1) is 22.0. The number of nitrogens with one attached hydrogen (secondary N) is 1. The smallest absolute Gasteiger partial charge is 0.264 e. The van der Waals surface area contributed by atoms with Crippen LogP contribution in [0.25, 0.3) is 0 Å². The molecule has 2 atom stereocenters. The lowest BCUT2D eigenvalue weighted by Gasteiger charge is -2.34. The standard InChI is InChI=1S/C37H43N3O5S/c1-6-29(4)38-37(42)35(24-30-14-9-7-10-15-30)39(25-31-16-13-17-33(23-31)45-5)36(41)26-40(32-21-20-27(2)28(3)22-32)46(43,44)34-18-11-8-12-19-34/h7-23,29,35H,6,24-26H2,1-5H3,(H,38,42)/t29-,35-/m1/s1. The third-order valence-electron chi connectivity index (χ3n) is 8.15. The normalized spacial score (nSPS) is 12.5. The highest BCUT2D eigenvalue weighted by atomic mass is 32.2. The third kappa shape index (κ3) is 8.54. The van der Waals surface area contributed by atoms with Crippen LogP contribution in [0.3, 0.4) is 0 Å². The summed E-state index contributed by atoms with van der Waals surface area (Å²) in [5.41, 5.74) is 3.87. The summed E-state index contributed by atoms with van der Waals surface area (Å²) >= 11 is 0. The number of carbonyl (C=O) groups excluding carboxylic acids is 2. The molecule has 0 radical (unpaired) electrons. The van der Waals surface area contributed by atoms with Crippen LogP contribution in [0.15, 0.2) is 108 Å². The summed E-state index contributed by atoms with van der Waals surface area (Å²) in [6, 6.07) is 29.2. The number of ether oxygens (including phenoxy) is 1. The molecule has 0 aromatic heterocycles. The molecule has 46 heavy (non-hydrogen) atoms. The number of hydrogen-bond acceptors (Lipinski definition) is 5. The number of amides is 2. The zero-order valence-electron chi connectivity index (χ0n) is 27.1. The molecular formula is C37H43N3O5S. The molecular weight excluding hydrogens is 598 g/mol. The second kappa shape index (κ2) is 15.6. The quantitative estimate of drug-likeness (QED) is 0.181. The first-order valence-electron chi connectivity index (χ1n) is 15.4. The molecule has 0 saturated carbocycles. The summed E-state index contributed by atoms with van der Waals surface area (Å²) in [5.74, 6) is -0.212. The number of aryl methyl sites for hydroxylation is 2. The molecule has 2 amide bonds. The zero-order valence-corrected chi connectivity index (χ0v) is 28.0. The number of methoxy groups -OCH3 is 1. The minimum atomic E-state index is -4.16. The fourth-order valence-corrected chi connectivity index (χ4v) is 6.52. The van der Waals surface area contributed by atoms with E-state index in [4.69, 9.17) is 4.74 Å². The van der Waals surface area contributed by atoms with Crippen molar-refractivity contribution in [1.82, 2.24) is 10.2 Å². The van der Waals surface area contributed by atoms with Gasteiger partial charge in [-0.3, -0.25) is 13.9 Å². The van der Waals surface area contributed by atoms with Crippen LogP contribution in [0.4, 0.5) is 5.69 Å². The maximum atomic E-state index is 14.6. The summed E-state index contributed by atoms with van der Waals surface area (Å²) in [5, 5.41) is 3.06. The summed E-state index contributed by atoms with van der Waals surface area (Å²) < 4.78 is 34.9. The van der Waals surface area contributed by atoms with Crippen LogP contribution in [0.1, 0.15) is 42.5 Å².